The van der Waals surface area contributed by atoms with Gasteiger partial charge < -0.3 is 19.9 Å². The van der Waals surface area contributed by atoms with Gasteiger partial charge in [-0.1, -0.05) is 15.9 Å². The summed E-state index contributed by atoms with van der Waals surface area (Å²) in [6.07, 6.45) is 3.74. The van der Waals surface area contributed by atoms with Gasteiger partial charge in [-0.05, 0) is 43.4 Å². The van der Waals surface area contributed by atoms with Gasteiger partial charge in [0, 0.05) is 17.1 Å². The summed E-state index contributed by atoms with van der Waals surface area (Å²) in [7, 11) is 3.28. The highest BCUT2D eigenvalue weighted by Crippen LogP contribution is 2.33. The van der Waals surface area contributed by atoms with Crippen LogP contribution >= 0.6 is 15.9 Å². The van der Waals surface area contributed by atoms with Crippen molar-refractivity contribution in [2.45, 2.75) is 44.4 Å². The summed E-state index contributed by atoms with van der Waals surface area (Å²) in [5, 5.41) is 13.1. The molecule has 1 aliphatic rings. The van der Waals surface area contributed by atoms with Crippen molar-refractivity contribution >= 4 is 15.9 Å². The lowest BCUT2D eigenvalue weighted by atomic mass is 9.93. The first-order valence-electron chi connectivity index (χ1n) is 6.96. The van der Waals surface area contributed by atoms with Crippen molar-refractivity contribution in [3.63, 3.8) is 0 Å². The number of rotatable bonds is 5. The lowest BCUT2D eigenvalue weighted by molar-refractivity contribution is 0.116. The summed E-state index contributed by atoms with van der Waals surface area (Å²) in [4.78, 5) is 0. The molecule has 0 heterocycles. The number of aliphatic hydroxyl groups is 1. The quantitative estimate of drug-likeness (QED) is 0.863. The van der Waals surface area contributed by atoms with E-state index >= 15 is 0 Å². The maximum atomic E-state index is 9.52. The summed E-state index contributed by atoms with van der Waals surface area (Å²) >= 11 is 3.57. The van der Waals surface area contributed by atoms with Gasteiger partial charge in [-0.15, -0.1) is 0 Å². The average molecular weight is 344 g/mol. The molecule has 0 aliphatic heterocycles. The van der Waals surface area contributed by atoms with Gasteiger partial charge in [-0.3, -0.25) is 0 Å². The molecule has 4 nitrogen and oxygen atoms in total. The first-order valence-corrected chi connectivity index (χ1v) is 7.75. The van der Waals surface area contributed by atoms with Gasteiger partial charge in [-0.2, -0.15) is 0 Å². The predicted molar refractivity (Wildman–Crippen MR) is 82.3 cm³/mol. The smallest absolute Gasteiger partial charge is 0.161 e. The highest BCUT2D eigenvalue weighted by atomic mass is 79.9. The number of ether oxygens (including phenoxy) is 2. The lowest BCUT2D eigenvalue weighted by Gasteiger charge is -2.26. The van der Waals surface area contributed by atoms with E-state index in [1.165, 1.54) is 0 Å². The van der Waals surface area contributed by atoms with Crippen LogP contribution in [-0.4, -0.2) is 31.5 Å². The van der Waals surface area contributed by atoms with Crippen LogP contribution in [0.4, 0.5) is 0 Å². The summed E-state index contributed by atoms with van der Waals surface area (Å²) in [6.45, 7) is 0.779. The van der Waals surface area contributed by atoms with E-state index in [9.17, 15) is 5.11 Å². The molecule has 0 saturated heterocycles. The number of methoxy groups -OCH3 is 2. The van der Waals surface area contributed by atoms with Crippen LogP contribution in [0.5, 0.6) is 11.5 Å². The summed E-state index contributed by atoms with van der Waals surface area (Å²) in [5.74, 6) is 1.47. The molecule has 20 heavy (non-hydrogen) atoms. The van der Waals surface area contributed by atoms with Gasteiger partial charge in [0.25, 0.3) is 0 Å². The van der Waals surface area contributed by atoms with E-state index in [4.69, 9.17) is 9.47 Å². The summed E-state index contributed by atoms with van der Waals surface area (Å²) < 4.78 is 11.6. The van der Waals surface area contributed by atoms with Gasteiger partial charge in [0.05, 0.1) is 20.3 Å². The molecule has 5 heteroatoms. The number of benzene rings is 1. The molecule has 2 N–H and O–H groups in total. The second-order valence-corrected chi connectivity index (χ2v) is 6.04. The van der Waals surface area contributed by atoms with Crippen molar-refractivity contribution in [2.75, 3.05) is 14.2 Å². The monoisotopic (exact) mass is 343 g/mol. The maximum absolute atomic E-state index is 9.52. The summed E-state index contributed by atoms with van der Waals surface area (Å²) in [5.41, 5.74) is 1.15. The van der Waals surface area contributed by atoms with Crippen molar-refractivity contribution in [3.05, 3.63) is 22.2 Å². The number of aliphatic hydroxyl groups excluding tert-OH is 1. The van der Waals surface area contributed by atoms with Crippen LogP contribution in [0.3, 0.4) is 0 Å². The average Bonchev–Trinajstić information content (AvgIpc) is 2.47. The van der Waals surface area contributed by atoms with E-state index in [1.807, 2.05) is 12.1 Å². The van der Waals surface area contributed by atoms with Gasteiger partial charge in [0.2, 0.25) is 0 Å². The van der Waals surface area contributed by atoms with E-state index in [0.29, 0.717) is 6.04 Å². The maximum Gasteiger partial charge on any atom is 0.161 e. The van der Waals surface area contributed by atoms with E-state index in [1.54, 1.807) is 14.2 Å². The minimum absolute atomic E-state index is 0.110. The van der Waals surface area contributed by atoms with Gasteiger partial charge in [0.15, 0.2) is 11.5 Å². The van der Waals surface area contributed by atoms with Gasteiger partial charge >= 0.3 is 0 Å². The van der Waals surface area contributed by atoms with E-state index in [-0.39, 0.29) is 6.10 Å². The van der Waals surface area contributed by atoms with Crippen molar-refractivity contribution < 1.29 is 14.6 Å². The van der Waals surface area contributed by atoms with Crippen LogP contribution in [0.25, 0.3) is 0 Å². The second kappa shape index (κ2) is 7.29. The summed E-state index contributed by atoms with van der Waals surface area (Å²) in [6, 6.07) is 4.41. The first-order chi connectivity index (χ1) is 9.63. The van der Waals surface area contributed by atoms with Gasteiger partial charge in [-0.25, -0.2) is 0 Å². The lowest BCUT2D eigenvalue weighted by Crippen LogP contribution is -2.34. The molecule has 1 aromatic rings. The van der Waals surface area contributed by atoms with Crippen LogP contribution in [0, 0.1) is 0 Å². The van der Waals surface area contributed by atoms with Crippen LogP contribution in [0.2, 0.25) is 0 Å². The molecular formula is C15H22BrNO3. The molecule has 1 aliphatic carbocycles. The highest BCUT2D eigenvalue weighted by molar-refractivity contribution is 9.10. The zero-order valence-corrected chi connectivity index (χ0v) is 13.6. The first kappa shape index (κ1) is 15.6. The molecule has 0 bridgehead atoms. The number of halogens is 1. The third-order valence-corrected chi connectivity index (χ3v) is 4.57. The highest BCUT2D eigenvalue weighted by Gasteiger charge is 2.19. The molecule has 1 saturated carbocycles. The predicted octanol–water partition coefficient (Wildman–Crippen LogP) is 2.86. The van der Waals surface area contributed by atoms with Crippen molar-refractivity contribution in [1.29, 1.82) is 0 Å². The molecule has 0 radical (unpaired) electrons. The molecular weight excluding hydrogens is 322 g/mol. The van der Waals surface area contributed by atoms with Crippen LogP contribution in [0.1, 0.15) is 31.2 Å². The normalized spacial score (nSPS) is 22.6. The molecule has 0 spiro atoms. The molecule has 0 amide bonds. The molecule has 0 aromatic heterocycles. The zero-order valence-electron chi connectivity index (χ0n) is 12.0. The third-order valence-electron chi connectivity index (χ3n) is 3.83. The Morgan fingerprint density at radius 1 is 1.15 bits per heavy atom. The molecule has 1 fully saturated rings. The molecule has 0 unspecified atom stereocenters. The number of hydrogen-bond acceptors (Lipinski definition) is 4. The molecule has 0 atom stereocenters. The third kappa shape index (κ3) is 3.87. The Morgan fingerprint density at radius 3 is 2.35 bits per heavy atom. The standard InChI is InChI=1S/C15H22BrNO3/c1-19-14-7-10(13(16)8-15(14)20-2)9-17-11-3-5-12(18)6-4-11/h7-8,11-12,17-18H,3-6,9H2,1-2H3. The van der Waals surface area contributed by atoms with Crippen LogP contribution < -0.4 is 14.8 Å². The largest absolute Gasteiger partial charge is 0.493 e. The van der Waals surface area contributed by atoms with Crippen LogP contribution in [-0.2, 0) is 6.54 Å². The number of hydrogen-bond donors (Lipinski definition) is 2. The Hall–Kier alpha value is -0.780. The van der Waals surface area contributed by atoms with Crippen molar-refractivity contribution in [1.82, 2.24) is 5.32 Å². The van der Waals surface area contributed by atoms with E-state index < -0.39 is 0 Å². The minimum Gasteiger partial charge on any atom is -0.493 e. The Labute approximate surface area is 128 Å². The second-order valence-electron chi connectivity index (χ2n) is 5.18. The van der Waals surface area contributed by atoms with E-state index in [0.717, 1.165) is 53.8 Å². The van der Waals surface area contributed by atoms with Gasteiger partial charge in [0.1, 0.15) is 0 Å². The Morgan fingerprint density at radius 2 is 1.75 bits per heavy atom. The Bertz CT molecular complexity index is 445. The molecule has 112 valence electrons. The fourth-order valence-corrected chi connectivity index (χ4v) is 3.03. The fraction of sp³-hybridized carbons (Fsp3) is 0.600. The Balaban J connectivity index is 1.98. The van der Waals surface area contributed by atoms with Crippen LogP contribution in [0.15, 0.2) is 16.6 Å². The fourth-order valence-electron chi connectivity index (χ4n) is 2.57. The molecule has 2 rings (SSSR count). The molecule has 1 aromatic carbocycles. The Kier molecular flexibility index (Phi) is 5.69. The van der Waals surface area contributed by atoms with Crippen molar-refractivity contribution in [2.24, 2.45) is 0 Å². The number of nitrogens with one attached hydrogen (secondary N) is 1. The SMILES string of the molecule is COc1cc(Br)c(CNC2CCC(O)CC2)cc1OC. The van der Waals surface area contributed by atoms with E-state index in [2.05, 4.69) is 21.2 Å². The van der Waals surface area contributed by atoms with Crippen molar-refractivity contribution in [3.8, 4) is 11.5 Å². The zero-order chi connectivity index (χ0) is 14.5. The topological polar surface area (TPSA) is 50.7 Å². The minimum atomic E-state index is -0.110.